The van der Waals surface area contributed by atoms with E-state index in [0.717, 1.165) is 30.3 Å². The molecule has 13 N–H and O–H groups in total. The van der Waals surface area contributed by atoms with Gasteiger partial charge in [0.15, 0.2) is 29.1 Å². The molecule has 3 aliphatic rings. The topological polar surface area (TPSA) is 383 Å². The molecule has 3 aliphatic heterocycles. The van der Waals surface area contributed by atoms with Crippen LogP contribution in [0.5, 0.6) is 23.0 Å². The van der Waals surface area contributed by atoms with Crippen LogP contribution in [-0.2, 0) is 23.8 Å². The van der Waals surface area contributed by atoms with Gasteiger partial charge in [-0.1, -0.05) is 0 Å². The van der Waals surface area contributed by atoms with Gasteiger partial charge in [-0.25, -0.2) is 9.59 Å². The molecule has 3 fully saturated rings. The van der Waals surface area contributed by atoms with E-state index in [4.69, 9.17) is 32.8 Å². The third kappa shape index (κ3) is 7.68. The SMILES string of the molecule is O=C(O)C1OC(Oc2cc(O)c3c(=O)cc(-c4ccc(OC5OC(C(=O)O)C(O)C(O)C5O)c(OC5OC(CO)C(O)C(O)C5O)c4)oc3c2)C(O)C(O)C1O. The van der Waals surface area contributed by atoms with Crippen molar-refractivity contribution in [1.82, 2.24) is 0 Å². The monoisotopic (exact) mass is 800 g/mol. The Balaban J connectivity index is 1.37. The van der Waals surface area contributed by atoms with Crippen LogP contribution >= 0.6 is 0 Å². The number of phenolic OH excluding ortho intramolecular Hbond substituents is 1. The van der Waals surface area contributed by atoms with Gasteiger partial charge in [-0.15, -0.1) is 0 Å². The number of carboxylic acid groups (broad SMARTS) is 2. The number of carbonyl (C=O) groups is 2. The number of hydrogen-bond donors (Lipinski definition) is 13. The Morgan fingerprint density at radius 1 is 0.607 bits per heavy atom. The standard InChI is InChI=1S/C33H36O23/c34-7-16-18(37)19(38)24(43)32(54-16)53-14-3-8(1-2-12(14)52-33-26(45)21(40)23(42)28(56-33)30(48)49)13-6-11(36)17-10(35)4-9(5-15(17)51-13)50-31-25(44)20(39)22(41)27(55-31)29(46)47/h1-6,16,18-28,31-35,37-45H,7H2,(H,46,47)(H,48,49). The number of aliphatic hydroxyl groups excluding tert-OH is 10. The van der Waals surface area contributed by atoms with Gasteiger partial charge in [-0.3, -0.25) is 4.79 Å². The van der Waals surface area contributed by atoms with Gasteiger partial charge in [0, 0.05) is 23.8 Å². The first-order chi connectivity index (χ1) is 26.4. The lowest BCUT2D eigenvalue weighted by molar-refractivity contribution is -0.280. The normalized spacial score (nSPS) is 36.1. The third-order valence-electron chi connectivity index (χ3n) is 9.22. The smallest absolute Gasteiger partial charge is 0.335 e. The number of aliphatic hydroxyl groups is 10. The van der Waals surface area contributed by atoms with E-state index in [2.05, 4.69) is 0 Å². The second-order valence-electron chi connectivity index (χ2n) is 13.0. The number of fused-ring (bicyclic) bond motifs is 1. The van der Waals surface area contributed by atoms with Crippen molar-refractivity contribution in [2.24, 2.45) is 0 Å². The molecule has 0 amide bonds. The highest BCUT2D eigenvalue weighted by molar-refractivity contribution is 5.86. The molecule has 0 radical (unpaired) electrons. The van der Waals surface area contributed by atoms with Gasteiger partial charge < -0.3 is 99.2 Å². The van der Waals surface area contributed by atoms with Gasteiger partial charge in [-0.2, -0.15) is 0 Å². The zero-order valence-electron chi connectivity index (χ0n) is 28.2. The van der Waals surface area contributed by atoms with E-state index in [-0.39, 0.29) is 28.0 Å². The number of carboxylic acids is 2. The fourth-order valence-electron chi connectivity index (χ4n) is 6.15. The summed E-state index contributed by atoms with van der Waals surface area (Å²) in [5, 5.41) is 131. The van der Waals surface area contributed by atoms with Crippen LogP contribution in [0.2, 0.25) is 0 Å². The van der Waals surface area contributed by atoms with Crippen molar-refractivity contribution in [2.75, 3.05) is 6.61 Å². The van der Waals surface area contributed by atoms with Gasteiger partial charge in [0.1, 0.15) is 89.3 Å². The van der Waals surface area contributed by atoms with Gasteiger partial charge in [-0.05, 0) is 18.2 Å². The summed E-state index contributed by atoms with van der Waals surface area (Å²) >= 11 is 0. The molecule has 3 aromatic rings. The molecule has 1 aromatic heterocycles. The van der Waals surface area contributed by atoms with Crippen molar-refractivity contribution < 1.29 is 109 Å². The van der Waals surface area contributed by atoms with E-state index in [1.165, 1.54) is 6.07 Å². The predicted octanol–water partition coefficient (Wildman–Crippen LogP) is -5.11. The lowest BCUT2D eigenvalue weighted by atomic mass is 9.99. The Bertz CT molecular complexity index is 1980. The van der Waals surface area contributed by atoms with Crippen LogP contribution in [0.3, 0.4) is 0 Å². The quantitative estimate of drug-likeness (QED) is 0.0912. The number of hydrogen-bond acceptors (Lipinski definition) is 21. The maximum Gasteiger partial charge on any atom is 0.335 e. The Kier molecular flexibility index (Phi) is 11.7. The molecule has 15 unspecified atom stereocenters. The van der Waals surface area contributed by atoms with Crippen LogP contribution in [0, 0.1) is 0 Å². The molecule has 0 saturated carbocycles. The van der Waals surface area contributed by atoms with Crippen LogP contribution < -0.4 is 19.6 Å². The molecule has 2 aromatic carbocycles. The number of aromatic hydroxyl groups is 1. The molecule has 6 rings (SSSR count). The fourth-order valence-corrected chi connectivity index (χ4v) is 6.15. The van der Waals surface area contributed by atoms with E-state index in [9.17, 15) is 80.8 Å². The van der Waals surface area contributed by atoms with Crippen molar-refractivity contribution in [1.29, 1.82) is 0 Å². The number of rotatable bonds is 10. The van der Waals surface area contributed by atoms with Gasteiger partial charge >= 0.3 is 11.9 Å². The van der Waals surface area contributed by atoms with Crippen molar-refractivity contribution in [3.8, 4) is 34.3 Å². The molecule has 4 heterocycles. The van der Waals surface area contributed by atoms with Crippen molar-refractivity contribution in [3.05, 3.63) is 46.6 Å². The summed E-state index contributed by atoms with van der Waals surface area (Å²) in [6.07, 6.45) is -29.2. The minimum Gasteiger partial charge on any atom is -0.507 e. The first kappa shape index (κ1) is 40.9. The molecule has 0 aliphatic carbocycles. The van der Waals surface area contributed by atoms with E-state index in [1.807, 2.05) is 0 Å². The highest BCUT2D eigenvalue weighted by Gasteiger charge is 2.50. The van der Waals surface area contributed by atoms with Gasteiger partial charge in [0.2, 0.25) is 18.9 Å². The third-order valence-corrected chi connectivity index (χ3v) is 9.22. The van der Waals surface area contributed by atoms with E-state index in [1.54, 1.807) is 0 Å². The van der Waals surface area contributed by atoms with Crippen LogP contribution in [-0.4, -0.2) is 177 Å². The highest BCUT2D eigenvalue weighted by Crippen LogP contribution is 2.39. The van der Waals surface area contributed by atoms with Crippen LogP contribution in [0.1, 0.15) is 0 Å². The summed E-state index contributed by atoms with van der Waals surface area (Å²) in [4.78, 5) is 36.4. The second-order valence-corrected chi connectivity index (χ2v) is 13.0. The fraction of sp³-hybridized carbons (Fsp3) is 0.485. The zero-order valence-corrected chi connectivity index (χ0v) is 28.2. The first-order valence-corrected chi connectivity index (χ1v) is 16.5. The Hall–Kier alpha value is -4.73. The number of benzene rings is 2. The zero-order chi connectivity index (χ0) is 40.9. The predicted molar refractivity (Wildman–Crippen MR) is 174 cm³/mol. The van der Waals surface area contributed by atoms with E-state index in [0.29, 0.717) is 0 Å². The van der Waals surface area contributed by atoms with Crippen LogP contribution in [0.25, 0.3) is 22.3 Å². The largest absolute Gasteiger partial charge is 0.507 e. The summed E-state index contributed by atoms with van der Waals surface area (Å²) < 4.78 is 38.4. The van der Waals surface area contributed by atoms with Gasteiger partial charge in [0.25, 0.3) is 0 Å². The minimum absolute atomic E-state index is 0.0434. The molecule has 306 valence electrons. The number of ether oxygens (including phenoxy) is 6. The van der Waals surface area contributed by atoms with Gasteiger partial charge in [0.05, 0.1) is 6.61 Å². The molecule has 23 nitrogen and oxygen atoms in total. The minimum atomic E-state index is -2.08. The first-order valence-electron chi connectivity index (χ1n) is 16.5. The molecule has 0 spiro atoms. The summed E-state index contributed by atoms with van der Waals surface area (Å²) in [5.74, 6) is -5.69. The summed E-state index contributed by atoms with van der Waals surface area (Å²) in [5.41, 5.74) is -1.25. The lowest BCUT2D eigenvalue weighted by Gasteiger charge is -2.40. The molecule has 15 atom stereocenters. The summed E-state index contributed by atoms with van der Waals surface area (Å²) in [6.45, 7) is -0.845. The Labute approximate surface area is 311 Å². The van der Waals surface area contributed by atoms with Crippen molar-refractivity contribution in [2.45, 2.75) is 92.1 Å². The van der Waals surface area contributed by atoms with Crippen LogP contribution in [0.15, 0.2) is 45.6 Å². The molecule has 56 heavy (non-hydrogen) atoms. The maximum atomic E-state index is 13.3. The molecular formula is C33H36O23. The van der Waals surface area contributed by atoms with Crippen molar-refractivity contribution in [3.63, 3.8) is 0 Å². The highest BCUT2D eigenvalue weighted by atomic mass is 16.7. The summed E-state index contributed by atoms with van der Waals surface area (Å²) in [6, 6.07) is 6.25. The molecule has 3 saturated heterocycles. The maximum absolute atomic E-state index is 13.3. The molecule has 0 bridgehead atoms. The Morgan fingerprint density at radius 3 is 1.68 bits per heavy atom. The lowest BCUT2D eigenvalue weighted by Crippen LogP contribution is -2.61. The Morgan fingerprint density at radius 2 is 1.12 bits per heavy atom. The summed E-state index contributed by atoms with van der Waals surface area (Å²) in [7, 11) is 0. The van der Waals surface area contributed by atoms with E-state index < -0.39 is 133 Å². The number of aliphatic carboxylic acids is 2. The van der Waals surface area contributed by atoms with Crippen LogP contribution in [0.4, 0.5) is 0 Å². The van der Waals surface area contributed by atoms with E-state index >= 15 is 0 Å². The average Bonchev–Trinajstić information content (AvgIpc) is 3.15. The molecule has 23 heteroatoms. The number of phenols is 1. The average molecular weight is 801 g/mol. The second kappa shape index (κ2) is 16.0. The van der Waals surface area contributed by atoms with Crippen molar-refractivity contribution >= 4 is 22.9 Å². The molecular weight excluding hydrogens is 764 g/mol.